The molecule has 0 saturated carbocycles. The van der Waals surface area contributed by atoms with Gasteiger partial charge in [0.1, 0.15) is 11.3 Å². The third-order valence-electron chi connectivity index (χ3n) is 2.89. The average Bonchev–Trinajstić information content (AvgIpc) is 2.51. The van der Waals surface area contributed by atoms with Crippen LogP contribution in [0.5, 0.6) is 0 Å². The lowest BCUT2D eigenvalue weighted by atomic mass is 9.92. The van der Waals surface area contributed by atoms with Gasteiger partial charge in [-0.15, -0.1) is 0 Å². The van der Waals surface area contributed by atoms with E-state index in [1.165, 1.54) is 6.07 Å². The molecule has 0 aliphatic carbocycles. The molecule has 0 atom stereocenters. The fourth-order valence-electron chi connectivity index (χ4n) is 1.85. The Morgan fingerprint density at radius 1 is 1.28 bits per heavy atom. The smallest absolute Gasteiger partial charge is 0.178 e. The summed E-state index contributed by atoms with van der Waals surface area (Å²) in [6.45, 7) is 7.00. The van der Waals surface area contributed by atoms with Crippen LogP contribution in [0.15, 0.2) is 12.1 Å². The fraction of sp³-hybridized carbons (Fsp3) is 0.462. The number of halogens is 2. The molecule has 1 aromatic heterocycles. The first-order valence-electron chi connectivity index (χ1n) is 5.85. The molecule has 0 bridgehead atoms. The van der Waals surface area contributed by atoms with E-state index in [1.54, 1.807) is 4.57 Å². The zero-order valence-corrected chi connectivity index (χ0v) is 11.5. The molecule has 0 unspecified atom stereocenters. The molecule has 0 spiro atoms. The number of aromatic amines is 1. The summed E-state index contributed by atoms with van der Waals surface area (Å²) in [5, 5.41) is 0. The monoisotopic (exact) mass is 270 g/mol. The maximum absolute atomic E-state index is 13.6. The predicted octanol–water partition coefficient (Wildman–Crippen LogP) is 4.41. The summed E-state index contributed by atoms with van der Waals surface area (Å²) in [4.78, 5) is 2.79. The van der Waals surface area contributed by atoms with Crippen LogP contribution < -0.4 is 0 Å². The summed E-state index contributed by atoms with van der Waals surface area (Å²) >= 11 is 5.16. The normalized spacial score (nSPS) is 12.3. The maximum atomic E-state index is 13.6. The van der Waals surface area contributed by atoms with Gasteiger partial charge in [0.05, 0.1) is 5.52 Å². The second-order valence-corrected chi connectivity index (χ2v) is 6.06. The predicted molar refractivity (Wildman–Crippen MR) is 71.1 cm³/mol. The van der Waals surface area contributed by atoms with Crippen molar-refractivity contribution in [1.29, 1.82) is 0 Å². The van der Waals surface area contributed by atoms with Crippen LogP contribution in [0.4, 0.5) is 8.78 Å². The summed E-state index contributed by atoms with van der Waals surface area (Å²) in [5.41, 5.74) is 0.904. The molecule has 0 radical (unpaired) electrons. The van der Waals surface area contributed by atoms with Crippen LogP contribution in [0.3, 0.4) is 0 Å². The largest absolute Gasteiger partial charge is 0.328 e. The van der Waals surface area contributed by atoms with Crippen LogP contribution >= 0.6 is 12.2 Å². The molecule has 2 rings (SSSR count). The molecule has 0 aliphatic rings. The van der Waals surface area contributed by atoms with Crippen molar-refractivity contribution in [2.24, 2.45) is 5.41 Å². The highest BCUT2D eigenvalue weighted by molar-refractivity contribution is 7.71. The third kappa shape index (κ3) is 2.61. The van der Waals surface area contributed by atoms with Crippen molar-refractivity contribution in [1.82, 2.24) is 9.55 Å². The van der Waals surface area contributed by atoms with Crippen LogP contribution in [-0.4, -0.2) is 9.55 Å². The molecule has 0 fully saturated rings. The molecule has 5 heteroatoms. The van der Waals surface area contributed by atoms with Gasteiger partial charge in [-0.1, -0.05) is 20.8 Å². The molecule has 2 nitrogen and oxygen atoms in total. The highest BCUT2D eigenvalue weighted by Gasteiger charge is 2.14. The van der Waals surface area contributed by atoms with E-state index >= 15 is 0 Å². The van der Waals surface area contributed by atoms with Crippen LogP contribution in [0.25, 0.3) is 11.0 Å². The molecule has 1 N–H and O–H groups in total. The van der Waals surface area contributed by atoms with E-state index in [0.717, 1.165) is 12.5 Å². The number of rotatable bonds is 2. The number of fused-ring (bicyclic) bond motifs is 1. The first-order valence-corrected chi connectivity index (χ1v) is 6.26. The van der Waals surface area contributed by atoms with Gasteiger partial charge in [-0.25, -0.2) is 8.78 Å². The van der Waals surface area contributed by atoms with Crippen LogP contribution in [0.2, 0.25) is 0 Å². The fourth-order valence-corrected chi connectivity index (χ4v) is 2.14. The lowest BCUT2D eigenvalue weighted by molar-refractivity contribution is 0.352. The molecule has 0 aliphatic heterocycles. The summed E-state index contributed by atoms with van der Waals surface area (Å²) in [6.07, 6.45) is 0.881. The Morgan fingerprint density at radius 3 is 2.56 bits per heavy atom. The Morgan fingerprint density at radius 2 is 1.94 bits per heavy atom. The first-order chi connectivity index (χ1) is 8.28. The molecule has 1 heterocycles. The quantitative estimate of drug-likeness (QED) is 0.801. The molecule has 98 valence electrons. The number of hydrogen-bond donors (Lipinski definition) is 1. The number of benzene rings is 1. The van der Waals surface area contributed by atoms with Gasteiger partial charge in [0, 0.05) is 12.6 Å². The van der Waals surface area contributed by atoms with E-state index in [4.69, 9.17) is 12.2 Å². The minimum Gasteiger partial charge on any atom is -0.328 e. The topological polar surface area (TPSA) is 20.7 Å². The Kier molecular flexibility index (Phi) is 3.27. The standard InChI is InChI=1S/C13H16F2N2S/c1-13(2,3)4-5-17-10-7-8(14)6-9(15)11(10)16-12(17)18/h6-7H,4-5H2,1-3H3,(H,16,18). The summed E-state index contributed by atoms with van der Waals surface area (Å²) in [5.74, 6) is -1.19. The van der Waals surface area contributed by atoms with Gasteiger partial charge in [0.25, 0.3) is 0 Å². The van der Waals surface area contributed by atoms with Crippen molar-refractivity contribution in [3.8, 4) is 0 Å². The second kappa shape index (κ2) is 4.46. The minimum atomic E-state index is -0.606. The lowest BCUT2D eigenvalue weighted by Crippen LogP contribution is -2.10. The molecule has 18 heavy (non-hydrogen) atoms. The maximum Gasteiger partial charge on any atom is 0.178 e. The van der Waals surface area contributed by atoms with Crippen molar-refractivity contribution in [3.05, 3.63) is 28.5 Å². The second-order valence-electron chi connectivity index (χ2n) is 5.67. The minimum absolute atomic E-state index is 0.143. The van der Waals surface area contributed by atoms with Crippen LogP contribution in [0, 0.1) is 21.8 Å². The third-order valence-corrected chi connectivity index (χ3v) is 3.21. The van der Waals surface area contributed by atoms with Crippen molar-refractivity contribution >= 4 is 23.3 Å². The average molecular weight is 270 g/mol. The molecule has 1 aromatic carbocycles. The highest BCUT2D eigenvalue weighted by atomic mass is 32.1. The molecule has 0 amide bonds. The zero-order chi connectivity index (χ0) is 13.5. The zero-order valence-electron chi connectivity index (χ0n) is 10.7. The molecule has 2 aromatic rings. The SMILES string of the molecule is CC(C)(C)CCn1c(=S)[nH]c2c(F)cc(F)cc21. The van der Waals surface area contributed by atoms with Gasteiger partial charge in [0.2, 0.25) is 0 Å². The van der Waals surface area contributed by atoms with E-state index < -0.39 is 11.6 Å². The number of H-pyrrole nitrogens is 1. The Labute approximate surface area is 110 Å². The van der Waals surface area contributed by atoms with Gasteiger partial charge in [-0.2, -0.15) is 0 Å². The highest BCUT2D eigenvalue weighted by Crippen LogP contribution is 2.23. The number of aryl methyl sites for hydroxylation is 1. The summed E-state index contributed by atoms with van der Waals surface area (Å²) in [6, 6.07) is 2.18. The Hall–Kier alpha value is -1.23. The first kappa shape index (κ1) is 13.2. The van der Waals surface area contributed by atoms with Crippen LogP contribution in [-0.2, 0) is 6.54 Å². The van der Waals surface area contributed by atoms with Crippen molar-refractivity contribution in [2.75, 3.05) is 0 Å². The molecule has 0 saturated heterocycles. The number of nitrogens with one attached hydrogen (secondary N) is 1. The van der Waals surface area contributed by atoms with Gasteiger partial charge in [-0.05, 0) is 30.1 Å². The van der Waals surface area contributed by atoms with Crippen molar-refractivity contribution < 1.29 is 8.78 Å². The van der Waals surface area contributed by atoms with Crippen molar-refractivity contribution in [2.45, 2.75) is 33.7 Å². The van der Waals surface area contributed by atoms with E-state index in [-0.39, 0.29) is 10.9 Å². The number of imidazole rings is 1. The van der Waals surface area contributed by atoms with E-state index in [0.29, 0.717) is 16.8 Å². The summed E-state index contributed by atoms with van der Waals surface area (Å²) in [7, 11) is 0. The van der Waals surface area contributed by atoms with E-state index in [1.807, 2.05) is 0 Å². The summed E-state index contributed by atoms with van der Waals surface area (Å²) < 4.78 is 29.0. The van der Waals surface area contributed by atoms with Gasteiger partial charge in [0.15, 0.2) is 10.6 Å². The Balaban J connectivity index is 2.50. The van der Waals surface area contributed by atoms with Crippen LogP contribution in [0.1, 0.15) is 27.2 Å². The lowest BCUT2D eigenvalue weighted by Gasteiger charge is -2.18. The van der Waals surface area contributed by atoms with Gasteiger partial charge < -0.3 is 9.55 Å². The Bertz CT molecular complexity index is 635. The van der Waals surface area contributed by atoms with E-state index in [2.05, 4.69) is 25.8 Å². The number of aromatic nitrogens is 2. The van der Waals surface area contributed by atoms with Crippen molar-refractivity contribution in [3.63, 3.8) is 0 Å². The molecular formula is C13H16F2N2S. The number of hydrogen-bond acceptors (Lipinski definition) is 1. The van der Waals surface area contributed by atoms with Gasteiger partial charge >= 0.3 is 0 Å². The van der Waals surface area contributed by atoms with E-state index in [9.17, 15) is 8.78 Å². The molecular weight excluding hydrogens is 254 g/mol. The van der Waals surface area contributed by atoms with Gasteiger partial charge in [-0.3, -0.25) is 0 Å². The number of nitrogens with zero attached hydrogens (tertiary/aromatic N) is 1.